The van der Waals surface area contributed by atoms with Gasteiger partial charge in [0, 0.05) is 18.5 Å². The summed E-state index contributed by atoms with van der Waals surface area (Å²) < 4.78 is 26.0. The van der Waals surface area contributed by atoms with Crippen molar-refractivity contribution in [3.8, 4) is 0 Å². The smallest absolute Gasteiger partial charge is 0.239 e. The second kappa shape index (κ2) is 2.95. The van der Waals surface area contributed by atoms with E-state index in [4.69, 9.17) is 0 Å². The minimum Gasteiger partial charge on any atom is -0.239 e. The molecule has 0 radical (unpaired) electrons. The van der Waals surface area contributed by atoms with E-state index in [9.17, 15) is 8.78 Å². The van der Waals surface area contributed by atoms with Gasteiger partial charge in [-0.1, -0.05) is 13.8 Å². The highest BCUT2D eigenvalue weighted by Gasteiger charge is 2.55. The van der Waals surface area contributed by atoms with Crippen molar-refractivity contribution in [2.45, 2.75) is 52.2 Å². The van der Waals surface area contributed by atoms with Crippen molar-refractivity contribution < 1.29 is 8.78 Å². The first-order chi connectivity index (χ1) is 5.36. The molecule has 0 aromatic carbocycles. The maximum absolute atomic E-state index is 13.0. The van der Waals surface area contributed by atoms with Crippen molar-refractivity contribution >= 4 is 0 Å². The molecule has 12 heavy (non-hydrogen) atoms. The Morgan fingerprint density at radius 1 is 1.25 bits per heavy atom. The van der Waals surface area contributed by atoms with Crippen molar-refractivity contribution in [2.75, 3.05) is 0 Å². The number of rotatable bonds is 2. The van der Waals surface area contributed by atoms with Gasteiger partial charge < -0.3 is 0 Å². The number of alkyl halides is 2. The third kappa shape index (κ3) is 1.47. The Hall–Kier alpha value is -0.180. The second-order valence-electron chi connectivity index (χ2n) is 4.18. The van der Waals surface area contributed by atoms with E-state index >= 15 is 0 Å². The van der Waals surface area contributed by atoms with E-state index in [-0.39, 0.29) is 18.5 Å². The van der Waals surface area contributed by atoms with Gasteiger partial charge in [-0.3, -0.25) is 0 Å². The predicted molar refractivity (Wildman–Crippen MR) is 45.2 cm³/mol. The number of hydrogen-bond acceptors (Lipinski definition) is 1. The molecule has 0 bridgehead atoms. The Labute approximate surface area is 72.7 Å². The van der Waals surface area contributed by atoms with E-state index in [1.54, 1.807) is 0 Å². The maximum Gasteiger partial charge on any atom is 0.306 e. The van der Waals surface area contributed by atoms with Crippen molar-refractivity contribution in [1.82, 2.24) is 4.90 Å². The van der Waals surface area contributed by atoms with Gasteiger partial charge in [0.25, 0.3) is 0 Å². The van der Waals surface area contributed by atoms with E-state index in [2.05, 4.69) is 0 Å². The van der Waals surface area contributed by atoms with E-state index in [0.717, 1.165) is 0 Å². The van der Waals surface area contributed by atoms with E-state index < -0.39 is 6.05 Å². The fraction of sp³-hybridized carbons (Fsp3) is 1.00. The highest BCUT2D eigenvalue weighted by Crippen LogP contribution is 2.43. The number of hydrogen-bond donors (Lipinski definition) is 0. The quantitative estimate of drug-likeness (QED) is 0.586. The zero-order valence-electron chi connectivity index (χ0n) is 8.14. The lowest BCUT2D eigenvalue weighted by atomic mass is 9.88. The fourth-order valence-electron chi connectivity index (χ4n) is 1.90. The third-order valence-corrected chi connectivity index (χ3v) is 2.52. The summed E-state index contributed by atoms with van der Waals surface area (Å²) in [6, 6.07) is -2.54. The molecular formula is C9H17F2N. The van der Waals surface area contributed by atoms with Crippen LogP contribution >= 0.6 is 0 Å². The fourth-order valence-corrected chi connectivity index (χ4v) is 1.90. The van der Waals surface area contributed by atoms with Crippen LogP contribution in [0.15, 0.2) is 0 Å². The summed E-state index contributed by atoms with van der Waals surface area (Å²) >= 11 is 0. The van der Waals surface area contributed by atoms with Crippen LogP contribution in [0.3, 0.4) is 0 Å². The molecule has 1 unspecified atom stereocenters. The van der Waals surface area contributed by atoms with Gasteiger partial charge in [0.2, 0.25) is 0 Å². The van der Waals surface area contributed by atoms with Gasteiger partial charge in [0.15, 0.2) is 0 Å². The largest absolute Gasteiger partial charge is 0.306 e. The summed E-state index contributed by atoms with van der Waals surface area (Å²) in [5.74, 6) is 0.326. The molecule has 1 aliphatic heterocycles. The molecule has 0 spiro atoms. The lowest BCUT2D eigenvalue weighted by molar-refractivity contribution is -0.270. The SMILES string of the molecule is CC(C)C1CC(F)(F)N1C(C)C. The van der Waals surface area contributed by atoms with Crippen LogP contribution < -0.4 is 0 Å². The number of halogens is 2. The van der Waals surface area contributed by atoms with Crippen LogP contribution in [0.25, 0.3) is 0 Å². The molecule has 0 N–H and O–H groups in total. The monoisotopic (exact) mass is 177 g/mol. The van der Waals surface area contributed by atoms with Crippen LogP contribution in [-0.2, 0) is 0 Å². The average molecular weight is 177 g/mol. The summed E-state index contributed by atoms with van der Waals surface area (Å²) in [7, 11) is 0. The van der Waals surface area contributed by atoms with Gasteiger partial charge >= 0.3 is 6.05 Å². The minimum absolute atomic E-state index is 0.0306. The zero-order valence-corrected chi connectivity index (χ0v) is 8.14. The minimum atomic E-state index is -2.55. The van der Waals surface area contributed by atoms with Crippen molar-refractivity contribution in [3.05, 3.63) is 0 Å². The third-order valence-electron chi connectivity index (χ3n) is 2.52. The van der Waals surface area contributed by atoms with Crippen LogP contribution in [0.2, 0.25) is 0 Å². The number of likely N-dealkylation sites (tertiary alicyclic amines) is 1. The summed E-state index contributed by atoms with van der Waals surface area (Å²) in [6.07, 6.45) is 0.0306. The molecule has 72 valence electrons. The second-order valence-corrected chi connectivity index (χ2v) is 4.18. The molecule has 1 heterocycles. The predicted octanol–water partition coefficient (Wildman–Crippen LogP) is 2.72. The molecule has 1 fully saturated rings. The van der Waals surface area contributed by atoms with Gasteiger partial charge in [0.05, 0.1) is 0 Å². The molecule has 1 saturated heterocycles. The van der Waals surface area contributed by atoms with Gasteiger partial charge in [-0.15, -0.1) is 0 Å². The van der Waals surface area contributed by atoms with Crippen LogP contribution in [0.5, 0.6) is 0 Å². The Kier molecular flexibility index (Phi) is 2.43. The van der Waals surface area contributed by atoms with Gasteiger partial charge in [-0.25, -0.2) is 4.90 Å². The Bertz CT molecular complexity index is 166. The first-order valence-electron chi connectivity index (χ1n) is 4.52. The van der Waals surface area contributed by atoms with Crippen molar-refractivity contribution in [2.24, 2.45) is 5.92 Å². The van der Waals surface area contributed by atoms with Crippen LogP contribution in [-0.4, -0.2) is 23.0 Å². The summed E-state index contributed by atoms with van der Waals surface area (Å²) in [6.45, 7) is 7.63. The van der Waals surface area contributed by atoms with Crippen LogP contribution in [0.4, 0.5) is 8.78 Å². The van der Waals surface area contributed by atoms with Crippen LogP contribution in [0, 0.1) is 5.92 Å². The first-order valence-corrected chi connectivity index (χ1v) is 4.52. The number of nitrogens with zero attached hydrogens (tertiary/aromatic N) is 1. The van der Waals surface area contributed by atoms with Crippen LogP contribution in [0.1, 0.15) is 34.1 Å². The molecular weight excluding hydrogens is 160 g/mol. The zero-order chi connectivity index (χ0) is 9.52. The molecule has 0 amide bonds. The highest BCUT2D eigenvalue weighted by molar-refractivity contribution is 4.95. The summed E-state index contributed by atoms with van der Waals surface area (Å²) in [5, 5.41) is 0. The summed E-state index contributed by atoms with van der Waals surface area (Å²) in [5.41, 5.74) is 0. The van der Waals surface area contributed by atoms with Crippen molar-refractivity contribution in [3.63, 3.8) is 0 Å². The normalized spacial score (nSPS) is 29.5. The molecule has 1 rings (SSSR count). The van der Waals surface area contributed by atoms with Crippen molar-refractivity contribution in [1.29, 1.82) is 0 Å². The highest BCUT2D eigenvalue weighted by atomic mass is 19.3. The first kappa shape index (κ1) is 9.90. The molecule has 0 aliphatic carbocycles. The summed E-state index contributed by atoms with van der Waals surface area (Å²) in [4.78, 5) is 1.32. The molecule has 0 aromatic rings. The lowest BCUT2D eigenvalue weighted by Gasteiger charge is -2.52. The Morgan fingerprint density at radius 3 is 1.92 bits per heavy atom. The van der Waals surface area contributed by atoms with Gasteiger partial charge in [-0.05, 0) is 19.8 Å². The standard InChI is InChI=1S/C9H17F2N/c1-6(2)8-5-9(10,11)12(8)7(3)4/h6-8H,5H2,1-4H3. The molecule has 3 heteroatoms. The van der Waals surface area contributed by atoms with E-state index in [1.807, 2.05) is 27.7 Å². The van der Waals surface area contributed by atoms with Gasteiger partial charge in [0.1, 0.15) is 0 Å². The molecule has 1 nitrogen and oxygen atoms in total. The molecule has 0 aromatic heterocycles. The maximum atomic E-state index is 13.0. The Balaban J connectivity index is 2.63. The van der Waals surface area contributed by atoms with E-state index in [1.165, 1.54) is 4.90 Å². The molecule has 1 aliphatic rings. The average Bonchev–Trinajstić information content (AvgIpc) is 1.81. The molecule has 1 atom stereocenters. The van der Waals surface area contributed by atoms with E-state index in [0.29, 0.717) is 5.92 Å². The molecule has 0 saturated carbocycles. The topological polar surface area (TPSA) is 3.24 Å². The lowest BCUT2D eigenvalue weighted by Crippen LogP contribution is -2.65. The van der Waals surface area contributed by atoms with Gasteiger partial charge in [-0.2, -0.15) is 8.78 Å². The Morgan fingerprint density at radius 2 is 1.75 bits per heavy atom.